The summed E-state index contributed by atoms with van der Waals surface area (Å²) in [5, 5.41) is 0. The molecule has 1 aromatic carbocycles. The first-order chi connectivity index (χ1) is 17.7. The largest absolute Gasteiger partial charge is 0.469 e. The Morgan fingerprint density at radius 1 is 1.08 bits per heavy atom. The minimum absolute atomic E-state index is 0.00699. The fourth-order valence-corrected chi connectivity index (χ4v) is 4.61. The minimum Gasteiger partial charge on any atom is -0.469 e. The van der Waals surface area contributed by atoms with Gasteiger partial charge in [0.25, 0.3) is 11.8 Å². The van der Waals surface area contributed by atoms with Crippen molar-refractivity contribution in [1.29, 1.82) is 0 Å². The highest BCUT2D eigenvalue weighted by Crippen LogP contribution is 2.50. The third kappa shape index (κ3) is 5.36. The first kappa shape index (κ1) is 27.9. The quantitative estimate of drug-likeness (QED) is 0.377. The van der Waals surface area contributed by atoms with Crippen molar-refractivity contribution >= 4 is 11.9 Å². The highest BCUT2D eigenvalue weighted by Gasteiger charge is 2.63. The van der Waals surface area contributed by atoms with Crippen LogP contribution in [0.15, 0.2) is 28.7 Å². The van der Waals surface area contributed by atoms with E-state index in [2.05, 4.69) is 9.72 Å². The van der Waals surface area contributed by atoms with Crippen LogP contribution in [0.4, 0.5) is 30.7 Å². The predicted molar refractivity (Wildman–Crippen MR) is 116 cm³/mol. The van der Waals surface area contributed by atoms with Gasteiger partial charge in [0.1, 0.15) is 11.5 Å². The number of benzene rings is 1. The lowest BCUT2D eigenvalue weighted by Gasteiger charge is -2.33. The van der Waals surface area contributed by atoms with Gasteiger partial charge in [0.2, 0.25) is 5.92 Å². The highest BCUT2D eigenvalue weighted by molar-refractivity contribution is 5.94. The molecule has 0 bridgehead atoms. The number of oxazole rings is 1. The van der Waals surface area contributed by atoms with E-state index >= 15 is 0 Å². The maximum Gasteiger partial charge on any atom is 0.463 e. The Morgan fingerprint density at radius 3 is 2.29 bits per heavy atom. The van der Waals surface area contributed by atoms with E-state index in [4.69, 9.17) is 9.15 Å². The summed E-state index contributed by atoms with van der Waals surface area (Å²) in [6, 6.07) is 5.21. The molecule has 1 saturated heterocycles. The molecule has 38 heavy (non-hydrogen) atoms. The molecule has 1 aliphatic carbocycles. The first-order valence-corrected chi connectivity index (χ1v) is 11.6. The Balaban J connectivity index is 1.76. The zero-order chi connectivity index (χ0) is 27.9. The summed E-state index contributed by atoms with van der Waals surface area (Å²) in [6.45, 7) is 1.41. The first-order valence-electron chi connectivity index (χ1n) is 11.6. The van der Waals surface area contributed by atoms with Gasteiger partial charge in [0.05, 0.1) is 26.2 Å². The predicted octanol–water partition coefficient (Wildman–Crippen LogP) is 5.16. The van der Waals surface area contributed by atoms with E-state index in [1.807, 2.05) is 0 Å². The SMILES string of the molecule is COC(=O)C1CC(F)(F)CCC1c1oc(C(F)(F)C(F)(F)F)nc1-c1ccc(C(=O)N2CCOCC2)cc1. The molecule has 2 fully saturated rings. The van der Waals surface area contributed by atoms with Gasteiger partial charge in [0.15, 0.2) is 0 Å². The molecule has 2 heterocycles. The smallest absolute Gasteiger partial charge is 0.463 e. The number of carbonyl (C=O) groups is 2. The van der Waals surface area contributed by atoms with Gasteiger partial charge in [0, 0.05) is 43.0 Å². The number of hydrogen-bond donors (Lipinski definition) is 0. The monoisotopic (exact) mass is 552 g/mol. The topological polar surface area (TPSA) is 81.9 Å². The van der Waals surface area contributed by atoms with E-state index in [9.17, 15) is 40.3 Å². The number of hydrogen-bond acceptors (Lipinski definition) is 6. The van der Waals surface area contributed by atoms with Crippen molar-refractivity contribution < 1.29 is 54.2 Å². The Bertz CT molecular complexity index is 1170. The molecule has 2 atom stereocenters. The number of methoxy groups -OCH3 is 1. The van der Waals surface area contributed by atoms with Crippen LogP contribution in [0.5, 0.6) is 0 Å². The normalized spacial score (nSPS) is 22.3. The molecule has 0 spiro atoms. The number of carbonyl (C=O) groups excluding carboxylic acids is 2. The lowest BCUT2D eigenvalue weighted by atomic mass is 9.75. The Morgan fingerprint density at radius 2 is 1.71 bits per heavy atom. The standard InChI is InChI=1S/C24H23F7N2O5/c1-36-20(35)16-12-22(25,26)7-6-15(16)18-17(32-21(38-18)23(27,28)24(29,30)31)13-2-4-14(5-3-13)19(34)33-8-10-37-11-9-33/h2-5,15-16H,6-12H2,1H3. The molecule has 1 aromatic heterocycles. The molecular weight excluding hydrogens is 529 g/mol. The molecule has 2 aliphatic rings. The summed E-state index contributed by atoms with van der Waals surface area (Å²) < 4.78 is 111. The van der Waals surface area contributed by atoms with Crippen LogP contribution in [0.25, 0.3) is 11.3 Å². The van der Waals surface area contributed by atoms with Gasteiger partial charge in [-0.15, -0.1) is 0 Å². The van der Waals surface area contributed by atoms with Gasteiger partial charge < -0.3 is 18.8 Å². The lowest BCUT2D eigenvalue weighted by molar-refractivity contribution is -0.297. The highest BCUT2D eigenvalue weighted by atomic mass is 19.4. The third-order valence-corrected chi connectivity index (χ3v) is 6.65. The van der Waals surface area contributed by atoms with Crippen molar-refractivity contribution in [2.75, 3.05) is 33.4 Å². The molecular formula is C24H23F7N2O5. The summed E-state index contributed by atoms with van der Waals surface area (Å²) in [5.74, 6) is -15.6. The number of aromatic nitrogens is 1. The van der Waals surface area contributed by atoms with E-state index in [0.717, 1.165) is 7.11 Å². The molecule has 0 N–H and O–H groups in total. The number of morpholine rings is 1. The number of nitrogens with zero attached hydrogens (tertiary/aromatic N) is 2. The van der Waals surface area contributed by atoms with Crippen molar-refractivity contribution in [3.05, 3.63) is 41.5 Å². The van der Waals surface area contributed by atoms with Gasteiger partial charge in [-0.05, 0) is 18.6 Å². The van der Waals surface area contributed by atoms with Crippen molar-refractivity contribution in [3.8, 4) is 11.3 Å². The zero-order valence-corrected chi connectivity index (χ0v) is 20.0. The molecule has 208 valence electrons. The molecule has 4 rings (SSSR count). The van der Waals surface area contributed by atoms with Gasteiger partial charge in [-0.1, -0.05) is 12.1 Å². The zero-order valence-electron chi connectivity index (χ0n) is 20.0. The average Bonchev–Trinajstić information content (AvgIpc) is 3.33. The molecule has 2 aromatic rings. The second kappa shape index (κ2) is 10.2. The summed E-state index contributed by atoms with van der Waals surface area (Å²) in [7, 11) is 0.945. The summed E-state index contributed by atoms with van der Waals surface area (Å²) in [5.41, 5.74) is -0.267. The van der Waals surface area contributed by atoms with E-state index < -0.39 is 72.4 Å². The third-order valence-electron chi connectivity index (χ3n) is 6.65. The number of esters is 1. The Kier molecular flexibility index (Phi) is 7.47. The maximum atomic E-state index is 14.2. The van der Waals surface area contributed by atoms with Gasteiger partial charge in [-0.25, -0.2) is 13.8 Å². The second-order valence-electron chi connectivity index (χ2n) is 9.12. The Hall–Kier alpha value is -3.16. The van der Waals surface area contributed by atoms with E-state index in [-0.39, 0.29) is 17.0 Å². The average molecular weight is 552 g/mol. The summed E-state index contributed by atoms with van der Waals surface area (Å²) in [6.07, 6.45) is -8.28. The van der Waals surface area contributed by atoms with Crippen LogP contribution in [0.2, 0.25) is 0 Å². The van der Waals surface area contributed by atoms with Crippen molar-refractivity contribution in [2.24, 2.45) is 5.92 Å². The van der Waals surface area contributed by atoms with Gasteiger partial charge in [-0.3, -0.25) is 9.59 Å². The van der Waals surface area contributed by atoms with Crippen molar-refractivity contribution in [1.82, 2.24) is 9.88 Å². The van der Waals surface area contributed by atoms with Crippen LogP contribution < -0.4 is 0 Å². The number of rotatable bonds is 5. The van der Waals surface area contributed by atoms with Crippen molar-refractivity contribution in [3.63, 3.8) is 0 Å². The fraction of sp³-hybridized carbons (Fsp3) is 0.542. The maximum absolute atomic E-state index is 14.2. The molecule has 1 aliphatic heterocycles. The molecule has 1 amide bonds. The van der Waals surface area contributed by atoms with E-state index in [1.165, 1.54) is 29.2 Å². The molecule has 14 heteroatoms. The van der Waals surface area contributed by atoms with E-state index in [1.54, 1.807) is 0 Å². The second-order valence-corrected chi connectivity index (χ2v) is 9.12. The molecule has 7 nitrogen and oxygen atoms in total. The number of amides is 1. The van der Waals surface area contributed by atoms with Crippen molar-refractivity contribution in [2.45, 2.75) is 43.2 Å². The van der Waals surface area contributed by atoms with Gasteiger partial charge >= 0.3 is 18.1 Å². The summed E-state index contributed by atoms with van der Waals surface area (Å²) in [4.78, 5) is 30.0. The Labute approximate surface area is 211 Å². The van der Waals surface area contributed by atoms with Crippen LogP contribution in [-0.4, -0.2) is 67.3 Å². The van der Waals surface area contributed by atoms with E-state index in [0.29, 0.717) is 26.3 Å². The molecule has 2 unspecified atom stereocenters. The number of alkyl halides is 7. The molecule has 0 radical (unpaired) electrons. The van der Waals surface area contributed by atoms with Crippen LogP contribution in [0, 0.1) is 5.92 Å². The lowest BCUT2D eigenvalue weighted by Crippen LogP contribution is -2.40. The van der Waals surface area contributed by atoms with Crippen LogP contribution in [0.1, 0.15) is 47.2 Å². The van der Waals surface area contributed by atoms with Crippen LogP contribution in [0.3, 0.4) is 0 Å². The minimum atomic E-state index is -6.05. The number of ether oxygens (including phenoxy) is 2. The van der Waals surface area contributed by atoms with Gasteiger partial charge in [-0.2, -0.15) is 22.0 Å². The number of halogens is 7. The van der Waals surface area contributed by atoms with Crippen LogP contribution in [-0.2, 0) is 20.2 Å². The van der Waals surface area contributed by atoms with Crippen LogP contribution >= 0.6 is 0 Å². The molecule has 1 saturated carbocycles. The fourth-order valence-electron chi connectivity index (χ4n) is 4.61. The summed E-state index contributed by atoms with van der Waals surface area (Å²) >= 11 is 0.